The molecular formula is C22H18N2. The van der Waals surface area contributed by atoms with Crippen LogP contribution in [0.5, 0.6) is 0 Å². The average molecular weight is 310 g/mol. The molecule has 2 heteroatoms. The number of hydrogen-bond acceptors (Lipinski definition) is 1. The van der Waals surface area contributed by atoms with Crippen molar-refractivity contribution in [1.29, 1.82) is 0 Å². The molecule has 0 atom stereocenters. The van der Waals surface area contributed by atoms with Gasteiger partial charge in [0.2, 0.25) is 0 Å². The lowest BCUT2D eigenvalue weighted by molar-refractivity contribution is 1.02. The molecule has 2 nitrogen and oxygen atoms in total. The largest absolute Gasteiger partial charge is 0.356 e. The molecule has 1 N–H and O–H groups in total. The molecular weight excluding hydrogens is 292 g/mol. The first-order valence-electron chi connectivity index (χ1n) is 8.05. The van der Waals surface area contributed by atoms with Crippen LogP contribution in [-0.2, 0) is 6.54 Å². The van der Waals surface area contributed by atoms with Crippen molar-refractivity contribution in [1.82, 2.24) is 4.98 Å². The van der Waals surface area contributed by atoms with Crippen molar-refractivity contribution in [3.8, 4) is 11.3 Å². The minimum absolute atomic E-state index is 0.670. The predicted molar refractivity (Wildman–Crippen MR) is 103 cm³/mol. The zero-order valence-corrected chi connectivity index (χ0v) is 13.4. The molecule has 24 heavy (non-hydrogen) atoms. The summed E-state index contributed by atoms with van der Waals surface area (Å²) in [5.74, 6) is 0. The van der Waals surface area contributed by atoms with Crippen LogP contribution >= 0.6 is 0 Å². The molecule has 0 radical (unpaired) electrons. The molecule has 0 saturated heterocycles. The topological polar surface area (TPSA) is 28.1 Å². The lowest BCUT2D eigenvalue weighted by Crippen LogP contribution is -1.86. The highest BCUT2D eigenvalue weighted by molar-refractivity contribution is 6.16. The molecule has 116 valence electrons. The van der Waals surface area contributed by atoms with E-state index in [0.717, 1.165) is 28.1 Å². The van der Waals surface area contributed by atoms with E-state index in [1.807, 2.05) is 18.4 Å². The van der Waals surface area contributed by atoms with Crippen LogP contribution in [0.25, 0.3) is 29.0 Å². The Morgan fingerprint density at radius 3 is 2.62 bits per heavy atom. The molecule has 1 aliphatic rings. The normalized spacial score (nSPS) is 13.1. The van der Waals surface area contributed by atoms with E-state index in [4.69, 9.17) is 0 Å². The van der Waals surface area contributed by atoms with Crippen molar-refractivity contribution < 1.29 is 0 Å². The van der Waals surface area contributed by atoms with E-state index >= 15 is 0 Å². The lowest BCUT2D eigenvalue weighted by Gasteiger charge is -2.03. The minimum Gasteiger partial charge on any atom is -0.356 e. The SMILES string of the molecule is C=Cc1cccc(C2=Cc3cc(-c4ccccc4)[nH]c3CN=C2)c1. The maximum Gasteiger partial charge on any atom is 0.0796 e. The molecule has 1 aromatic heterocycles. The minimum atomic E-state index is 0.670. The van der Waals surface area contributed by atoms with Crippen molar-refractivity contribution in [2.45, 2.75) is 6.54 Å². The molecule has 3 aromatic rings. The van der Waals surface area contributed by atoms with Gasteiger partial charge < -0.3 is 4.98 Å². The second-order valence-electron chi connectivity index (χ2n) is 5.88. The van der Waals surface area contributed by atoms with Crippen molar-refractivity contribution in [3.63, 3.8) is 0 Å². The fourth-order valence-corrected chi connectivity index (χ4v) is 2.99. The first-order chi connectivity index (χ1) is 11.8. The fraction of sp³-hybridized carbons (Fsp3) is 0.0455. The third-order valence-corrected chi connectivity index (χ3v) is 4.27. The van der Waals surface area contributed by atoms with Crippen LogP contribution in [0.15, 0.2) is 72.2 Å². The van der Waals surface area contributed by atoms with Gasteiger partial charge in [0, 0.05) is 23.2 Å². The number of rotatable bonds is 3. The van der Waals surface area contributed by atoms with Crippen LogP contribution < -0.4 is 0 Å². The van der Waals surface area contributed by atoms with E-state index in [1.54, 1.807) is 0 Å². The summed E-state index contributed by atoms with van der Waals surface area (Å²) in [6.07, 6.45) is 6.03. The van der Waals surface area contributed by atoms with Crippen LogP contribution in [0, 0.1) is 0 Å². The van der Waals surface area contributed by atoms with E-state index in [9.17, 15) is 0 Å². The molecule has 2 aromatic carbocycles. The van der Waals surface area contributed by atoms with Crippen LogP contribution in [0.3, 0.4) is 0 Å². The monoisotopic (exact) mass is 310 g/mol. The van der Waals surface area contributed by atoms with Crippen LogP contribution in [0.2, 0.25) is 0 Å². The summed E-state index contributed by atoms with van der Waals surface area (Å²) >= 11 is 0. The summed E-state index contributed by atoms with van der Waals surface area (Å²) in [6.45, 7) is 4.52. The summed E-state index contributed by atoms with van der Waals surface area (Å²) in [5.41, 5.74) is 8.07. The summed E-state index contributed by atoms with van der Waals surface area (Å²) in [6, 6.07) is 21.0. The van der Waals surface area contributed by atoms with Gasteiger partial charge in [-0.1, -0.05) is 61.2 Å². The Bertz CT molecular complexity index is 943. The predicted octanol–water partition coefficient (Wildman–Crippen LogP) is 5.45. The van der Waals surface area contributed by atoms with Gasteiger partial charge in [0.05, 0.1) is 6.54 Å². The van der Waals surface area contributed by atoms with Gasteiger partial charge in [0.25, 0.3) is 0 Å². The highest BCUT2D eigenvalue weighted by Crippen LogP contribution is 2.28. The van der Waals surface area contributed by atoms with E-state index in [2.05, 4.69) is 77.2 Å². The van der Waals surface area contributed by atoms with E-state index in [1.165, 1.54) is 11.1 Å². The van der Waals surface area contributed by atoms with Gasteiger partial charge in [-0.2, -0.15) is 0 Å². The standard InChI is InChI=1S/C22H18N2/c1-2-16-7-6-10-18(11-16)20-12-19-13-21(17-8-4-3-5-9-17)24-22(19)15-23-14-20/h2-14,24H,1,15H2. The Hall–Kier alpha value is -3.13. The van der Waals surface area contributed by atoms with Crippen molar-refractivity contribution in [2.75, 3.05) is 0 Å². The van der Waals surface area contributed by atoms with Crippen molar-refractivity contribution in [3.05, 3.63) is 89.6 Å². The van der Waals surface area contributed by atoms with Crippen molar-refractivity contribution in [2.24, 2.45) is 4.99 Å². The first kappa shape index (κ1) is 14.5. The number of H-pyrrole nitrogens is 1. The highest BCUT2D eigenvalue weighted by Gasteiger charge is 2.11. The molecule has 0 fully saturated rings. The number of nitrogens with zero attached hydrogens (tertiary/aromatic N) is 1. The Morgan fingerprint density at radius 2 is 1.79 bits per heavy atom. The molecule has 0 aliphatic carbocycles. The zero-order chi connectivity index (χ0) is 16.4. The molecule has 0 spiro atoms. The summed E-state index contributed by atoms with van der Waals surface area (Å²) < 4.78 is 0. The fourth-order valence-electron chi connectivity index (χ4n) is 2.99. The Morgan fingerprint density at radius 1 is 0.958 bits per heavy atom. The zero-order valence-electron chi connectivity index (χ0n) is 13.4. The highest BCUT2D eigenvalue weighted by atomic mass is 14.8. The number of aromatic nitrogens is 1. The number of allylic oxidation sites excluding steroid dienone is 1. The van der Waals surface area contributed by atoms with Gasteiger partial charge >= 0.3 is 0 Å². The summed E-state index contributed by atoms with van der Waals surface area (Å²) in [5, 5.41) is 0. The van der Waals surface area contributed by atoms with Gasteiger partial charge in [0.1, 0.15) is 0 Å². The van der Waals surface area contributed by atoms with Crippen LogP contribution in [0.4, 0.5) is 0 Å². The quantitative estimate of drug-likeness (QED) is 0.666. The Balaban J connectivity index is 1.77. The molecule has 0 amide bonds. The molecule has 0 bridgehead atoms. The third kappa shape index (κ3) is 2.74. The number of benzene rings is 2. The number of aromatic amines is 1. The lowest BCUT2D eigenvalue weighted by atomic mass is 10.0. The first-order valence-corrected chi connectivity index (χ1v) is 8.05. The van der Waals surface area contributed by atoms with Gasteiger partial charge in [0.15, 0.2) is 0 Å². The maximum atomic E-state index is 4.58. The maximum absolute atomic E-state index is 4.58. The average Bonchev–Trinajstić information content (AvgIpc) is 2.94. The smallest absolute Gasteiger partial charge is 0.0796 e. The Kier molecular flexibility index (Phi) is 3.72. The summed E-state index contributed by atoms with van der Waals surface area (Å²) in [4.78, 5) is 8.09. The van der Waals surface area contributed by atoms with Crippen LogP contribution in [-0.4, -0.2) is 11.2 Å². The van der Waals surface area contributed by atoms with Crippen LogP contribution in [0.1, 0.15) is 22.4 Å². The van der Waals surface area contributed by atoms with E-state index in [0.29, 0.717) is 6.54 Å². The van der Waals surface area contributed by atoms with Gasteiger partial charge in [-0.15, -0.1) is 0 Å². The summed E-state index contributed by atoms with van der Waals surface area (Å²) in [7, 11) is 0. The second kappa shape index (κ2) is 6.17. The number of hydrogen-bond donors (Lipinski definition) is 1. The van der Waals surface area contributed by atoms with Gasteiger partial charge in [-0.05, 0) is 40.5 Å². The number of nitrogens with one attached hydrogen (secondary N) is 1. The number of aliphatic imine (C=N–C) groups is 1. The molecule has 0 saturated carbocycles. The molecule has 1 aliphatic heterocycles. The van der Waals surface area contributed by atoms with Gasteiger partial charge in [-0.3, -0.25) is 4.99 Å². The van der Waals surface area contributed by atoms with E-state index < -0.39 is 0 Å². The number of fused-ring (bicyclic) bond motifs is 1. The van der Waals surface area contributed by atoms with Crippen molar-refractivity contribution >= 4 is 23.9 Å². The molecule has 2 heterocycles. The molecule has 0 unspecified atom stereocenters. The van der Waals surface area contributed by atoms with E-state index in [-0.39, 0.29) is 0 Å². The Labute approximate surface area is 141 Å². The van der Waals surface area contributed by atoms with Gasteiger partial charge in [-0.25, -0.2) is 0 Å². The second-order valence-corrected chi connectivity index (χ2v) is 5.88. The molecule has 4 rings (SSSR count). The third-order valence-electron chi connectivity index (χ3n) is 4.27.